The number of carbonyl (C=O) groups is 1. The van der Waals surface area contributed by atoms with Crippen molar-refractivity contribution in [3.8, 4) is 11.1 Å². The molecule has 1 amide bonds. The standard InChI is InChI=1S/C26H31FN2O2/c1-16-5-4-6-20(23(16)27)18-7-8-21-19(13-18)14-26(2,3)24(21)28-25(30)31-22-15-29-11-9-17(22)10-12-29/h4-8,13,17,22,24H,9-12,14-15H2,1-3H3,(H,28,30)/t22-,24?/m0/s1. The molecular formula is C26H31FN2O2. The fourth-order valence-electron chi connectivity index (χ4n) is 5.70. The molecule has 2 bridgehead atoms. The SMILES string of the molecule is Cc1cccc(-c2ccc3c(c2)CC(C)(C)C3NC(=O)O[C@H]2CN3CCC2CC3)c1F. The number of ether oxygens (including phenoxy) is 1. The third-order valence-electron chi connectivity index (χ3n) is 7.50. The van der Waals surface area contributed by atoms with Crippen molar-refractivity contribution in [1.82, 2.24) is 10.2 Å². The van der Waals surface area contributed by atoms with Gasteiger partial charge in [0.15, 0.2) is 0 Å². The average Bonchev–Trinajstić information content (AvgIpc) is 2.99. The molecule has 1 N–H and O–H groups in total. The van der Waals surface area contributed by atoms with Crippen LogP contribution in [0.5, 0.6) is 0 Å². The van der Waals surface area contributed by atoms with Gasteiger partial charge in [0.2, 0.25) is 0 Å². The quantitative estimate of drug-likeness (QED) is 0.735. The number of hydrogen-bond donors (Lipinski definition) is 1. The molecule has 2 aromatic carbocycles. The van der Waals surface area contributed by atoms with E-state index in [1.807, 2.05) is 24.3 Å². The number of carbonyl (C=O) groups excluding carboxylic acids is 1. The van der Waals surface area contributed by atoms with E-state index in [1.54, 1.807) is 13.0 Å². The second-order valence-corrected chi connectivity index (χ2v) is 10.2. The summed E-state index contributed by atoms with van der Waals surface area (Å²) in [7, 11) is 0. The molecule has 3 aliphatic heterocycles. The lowest BCUT2D eigenvalue weighted by Gasteiger charge is -2.44. The van der Waals surface area contributed by atoms with E-state index in [0.29, 0.717) is 17.0 Å². The zero-order valence-corrected chi connectivity index (χ0v) is 18.6. The highest BCUT2D eigenvalue weighted by Gasteiger charge is 2.42. The summed E-state index contributed by atoms with van der Waals surface area (Å²) in [4.78, 5) is 15.2. The Labute approximate surface area is 183 Å². The molecule has 0 aromatic heterocycles. The van der Waals surface area contributed by atoms with E-state index in [1.165, 1.54) is 0 Å². The van der Waals surface area contributed by atoms with Crippen LogP contribution in [0.25, 0.3) is 11.1 Å². The van der Waals surface area contributed by atoms with Crippen LogP contribution >= 0.6 is 0 Å². The zero-order chi connectivity index (χ0) is 21.8. The summed E-state index contributed by atoms with van der Waals surface area (Å²) in [5, 5.41) is 3.16. The van der Waals surface area contributed by atoms with Crippen LogP contribution in [0.1, 0.15) is 49.4 Å². The molecule has 3 heterocycles. The molecule has 0 spiro atoms. The van der Waals surface area contributed by atoms with E-state index < -0.39 is 0 Å². The average molecular weight is 423 g/mol. The van der Waals surface area contributed by atoms with E-state index in [0.717, 1.165) is 55.6 Å². The Morgan fingerprint density at radius 2 is 1.97 bits per heavy atom. The van der Waals surface area contributed by atoms with Gasteiger partial charge in [-0.2, -0.15) is 0 Å². The summed E-state index contributed by atoms with van der Waals surface area (Å²) in [5.41, 5.74) is 4.28. The van der Waals surface area contributed by atoms with Crippen molar-refractivity contribution in [2.45, 2.75) is 52.2 Å². The van der Waals surface area contributed by atoms with Gasteiger partial charge in [-0.25, -0.2) is 9.18 Å². The third-order valence-corrected chi connectivity index (χ3v) is 7.50. The van der Waals surface area contributed by atoms with Gasteiger partial charge in [-0.15, -0.1) is 0 Å². The maximum absolute atomic E-state index is 14.6. The lowest BCUT2D eigenvalue weighted by Crippen LogP contribution is -2.53. The summed E-state index contributed by atoms with van der Waals surface area (Å²) in [6.45, 7) is 9.22. The molecule has 3 saturated heterocycles. The first-order chi connectivity index (χ1) is 14.8. The van der Waals surface area contributed by atoms with Crippen LogP contribution in [0.4, 0.5) is 9.18 Å². The molecule has 0 saturated carbocycles. The normalized spacial score (nSPS) is 28.3. The molecule has 5 heteroatoms. The van der Waals surface area contributed by atoms with Gasteiger partial charge < -0.3 is 10.1 Å². The van der Waals surface area contributed by atoms with E-state index in [9.17, 15) is 9.18 Å². The lowest BCUT2D eigenvalue weighted by molar-refractivity contribution is -0.0348. The molecule has 31 heavy (non-hydrogen) atoms. The van der Waals surface area contributed by atoms with E-state index in [2.05, 4.69) is 30.1 Å². The number of alkyl carbamates (subject to hydrolysis) is 1. The van der Waals surface area contributed by atoms with Crippen LogP contribution < -0.4 is 5.32 Å². The number of fused-ring (bicyclic) bond motifs is 4. The van der Waals surface area contributed by atoms with Crippen molar-refractivity contribution >= 4 is 6.09 Å². The van der Waals surface area contributed by atoms with Crippen LogP contribution in [-0.4, -0.2) is 36.7 Å². The fourth-order valence-corrected chi connectivity index (χ4v) is 5.70. The minimum atomic E-state index is -0.321. The molecule has 4 aliphatic rings. The van der Waals surface area contributed by atoms with Gasteiger partial charge in [0.05, 0.1) is 6.04 Å². The molecule has 1 unspecified atom stereocenters. The Hall–Kier alpha value is -2.40. The molecule has 3 fully saturated rings. The molecule has 2 aromatic rings. The van der Waals surface area contributed by atoms with Gasteiger partial charge in [0.25, 0.3) is 0 Å². The molecule has 2 atom stereocenters. The Morgan fingerprint density at radius 3 is 2.68 bits per heavy atom. The number of hydrogen-bond acceptors (Lipinski definition) is 3. The minimum Gasteiger partial charge on any atom is -0.445 e. The van der Waals surface area contributed by atoms with Gasteiger partial charge in [0, 0.05) is 12.1 Å². The van der Waals surface area contributed by atoms with Crippen LogP contribution in [0.3, 0.4) is 0 Å². The highest BCUT2D eigenvalue weighted by atomic mass is 19.1. The minimum absolute atomic E-state index is 0.00171. The maximum Gasteiger partial charge on any atom is 0.407 e. The highest BCUT2D eigenvalue weighted by molar-refractivity contribution is 5.70. The summed E-state index contributed by atoms with van der Waals surface area (Å²) in [6.07, 6.45) is 2.74. The third kappa shape index (κ3) is 3.73. The van der Waals surface area contributed by atoms with Crippen molar-refractivity contribution in [3.63, 3.8) is 0 Å². The topological polar surface area (TPSA) is 41.6 Å². The van der Waals surface area contributed by atoms with Crippen LogP contribution in [0.2, 0.25) is 0 Å². The van der Waals surface area contributed by atoms with Crippen LogP contribution in [0.15, 0.2) is 36.4 Å². The predicted octanol–water partition coefficient (Wildman–Crippen LogP) is 5.24. The highest BCUT2D eigenvalue weighted by Crippen LogP contribution is 2.46. The van der Waals surface area contributed by atoms with Crippen molar-refractivity contribution in [2.24, 2.45) is 11.3 Å². The molecular weight excluding hydrogens is 391 g/mol. The monoisotopic (exact) mass is 422 g/mol. The van der Waals surface area contributed by atoms with Gasteiger partial charge >= 0.3 is 6.09 Å². The first kappa shape index (κ1) is 20.5. The van der Waals surface area contributed by atoms with Crippen molar-refractivity contribution < 1.29 is 13.9 Å². The van der Waals surface area contributed by atoms with Crippen LogP contribution in [-0.2, 0) is 11.2 Å². The molecule has 4 nitrogen and oxygen atoms in total. The lowest BCUT2D eigenvalue weighted by atomic mass is 9.85. The van der Waals surface area contributed by atoms with E-state index in [4.69, 9.17) is 4.74 Å². The number of nitrogens with one attached hydrogen (secondary N) is 1. The summed E-state index contributed by atoms with van der Waals surface area (Å²) in [6, 6.07) is 11.5. The Bertz CT molecular complexity index is 1010. The molecule has 1 aliphatic carbocycles. The second kappa shape index (κ2) is 7.63. The number of piperidine rings is 3. The Morgan fingerprint density at radius 1 is 1.19 bits per heavy atom. The molecule has 164 valence electrons. The maximum atomic E-state index is 14.6. The second-order valence-electron chi connectivity index (χ2n) is 10.2. The number of aryl methyl sites for hydroxylation is 1. The smallest absolute Gasteiger partial charge is 0.407 e. The summed E-state index contributed by atoms with van der Waals surface area (Å²) >= 11 is 0. The fraction of sp³-hybridized carbons (Fsp3) is 0.500. The Kier molecular flexibility index (Phi) is 5.04. The Balaban J connectivity index is 1.35. The van der Waals surface area contributed by atoms with Crippen LogP contribution in [0, 0.1) is 24.1 Å². The summed E-state index contributed by atoms with van der Waals surface area (Å²) in [5.74, 6) is 0.321. The number of rotatable bonds is 3. The van der Waals surface area contributed by atoms with E-state index in [-0.39, 0.29) is 29.5 Å². The van der Waals surface area contributed by atoms with Gasteiger partial charge in [-0.05, 0) is 72.9 Å². The van der Waals surface area contributed by atoms with Crippen molar-refractivity contribution in [3.05, 3.63) is 58.9 Å². The predicted molar refractivity (Wildman–Crippen MR) is 119 cm³/mol. The first-order valence-electron chi connectivity index (χ1n) is 11.4. The van der Waals surface area contributed by atoms with Gasteiger partial charge in [0.1, 0.15) is 11.9 Å². The number of amides is 1. The summed E-state index contributed by atoms with van der Waals surface area (Å²) < 4.78 is 20.5. The number of nitrogens with zero attached hydrogens (tertiary/aromatic N) is 1. The number of benzene rings is 2. The number of halogens is 1. The van der Waals surface area contributed by atoms with Crippen molar-refractivity contribution in [2.75, 3.05) is 19.6 Å². The van der Waals surface area contributed by atoms with E-state index >= 15 is 0 Å². The largest absolute Gasteiger partial charge is 0.445 e. The van der Waals surface area contributed by atoms with Gasteiger partial charge in [-0.1, -0.05) is 50.2 Å². The van der Waals surface area contributed by atoms with Gasteiger partial charge in [-0.3, -0.25) is 4.90 Å². The van der Waals surface area contributed by atoms with Crippen molar-refractivity contribution in [1.29, 1.82) is 0 Å². The first-order valence-corrected chi connectivity index (χ1v) is 11.4. The zero-order valence-electron chi connectivity index (χ0n) is 18.6. The molecule has 6 rings (SSSR count). The molecule has 0 radical (unpaired) electrons.